The van der Waals surface area contributed by atoms with E-state index in [1.165, 1.54) is 25.7 Å². The summed E-state index contributed by atoms with van der Waals surface area (Å²) < 4.78 is 0. The van der Waals surface area contributed by atoms with Gasteiger partial charge < -0.3 is 10.6 Å². The third-order valence-corrected chi connectivity index (χ3v) is 6.05. The summed E-state index contributed by atoms with van der Waals surface area (Å²) in [6.07, 6.45) is 8.89. The van der Waals surface area contributed by atoms with Crippen LogP contribution in [0.4, 0.5) is 5.95 Å². The third-order valence-electron chi connectivity index (χ3n) is 5.72. The standard InChI is InChI=1S/C23H23ClN4O/c24-20-9-5-15(22(29)26-18-7-8-18)12-19(20)14-6-10-21-16(11-14)13-25-23(28-21)27-17-3-1-2-4-17/h5-6,9-13,17-18H,1-4,7-8H2,(H,26,29)(H,25,27,28). The molecular weight excluding hydrogens is 384 g/mol. The maximum absolute atomic E-state index is 12.4. The van der Waals surface area contributed by atoms with E-state index < -0.39 is 0 Å². The van der Waals surface area contributed by atoms with Crippen molar-refractivity contribution in [2.75, 3.05) is 5.32 Å². The number of nitrogens with one attached hydrogen (secondary N) is 2. The summed E-state index contributed by atoms with van der Waals surface area (Å²) in [7, 11) is 0. The fourth-order valence-corrected chi connectivity index (χ4v) is 4.13. The summed E-state index contributed by atoms with van der Waals surface area (Å²) in [5.41, 5.74) is 3.31. The number of amides is 1. The van der Waals surface area contributed by atoms with Crippen LogP contribution in [0.2, 0.25) is 5.02 Å². The van der Waals surface area contributed by atoms with Gasteiger partial charge in [0.25, 0.3) is 5.91 Å². The Hall–Kier alpha value is -2.66. The van der Waals surface area contributed by atoms with Crippen LogP contribution in [0.25, 0.3) is 22.0 Å². The van der Waals surface area contributed by atoms with Crippen molar-refractivity contribution in [2.45, 2.75) is 50.6 Å². The van der Waals surface area contributed by atoms with Gasteiger partial charge in [-0.15, -0.1) is 0 Å². The summed E-state index contributed by atoms with van der Waals surface area (Å²) in [6.45, 7) is 0. The zero-order valence-corrected chi connectivity index (χ0v) is 16.9. The van der Waals surface area contributed by atoms with Gasteiger partial charge in [-0.05, 0) is 61.6 Å². The first-order valence-corrected chi connectivity index (χ1v) is 10.7. The molecule has 5 nitrogen and oxygen atoms in total. The molecule has 2 fully saturated rings. The predicted molar refractivity (Wildman–Crippen MR) is 116 cm³/mol. The number of hydrogen-bond acceptors (Lipinski definition) is 4. The minimum absolute atomic E-state index is 0.0443. The lowest BCUT2D eigenvalue weighted by atomic mass is 10.0. The van der Waals surface area contributed by atoms with E-state index in [9.17, 15) is 4.79 Å². The number of nitrogens with zero attached hydrogens (tertiary/aromatic N) is 2. The molecule has 0 bridgehead atoms. The molecule has 1 amide bonds. The van der Waals surface area contributed by atoms with Crippen molar-refractivity contribution in [1.29, 1.82) is 0 Å². The highest BCUT2D eigenvalue weighted by atomic mass is 35.5. The molecule has 1 aromatic heterocycles. The minimum Gasteiger partial charge on any atom is -0.351 e. The number of fused-ring (bicyclic) bond motifs is 1. The molecule has 1 heterocycles. The molecule has 2 N–H and O–H groups in total. The van der Waals surface area contributed by atoms with Crippen LogP contribution in [0.15, 0.2) is 42.6 Å². The van der Waals surface area contributed by atoms with E-state index >= 15 is 0 Å². The lowest BCUT2D eigenvalue weighted by Crippen LogP contribution is -2.25. The van der Waals surface area contributed by atoms with Crippen LogP contribution in [-0.4, -0.2) is 28.0 Å². The van der Waals surface area contributed by atoms with Gasteiger partial charge in [0.2, 0.25) is 5.95 Å². The average molecular weight is 407 g/mol. The smallest absolute Gasteiger partial charge is 0.251 e. The highest BCUT2D eigenvalue weighted by Gasteiger charge is 2.24. The largest absolute Gasteiger partial charge is 0.351 e. The Labute approximate surface area is 174 Å². The van der Waals surface area contributed by atoms with Gasteiger partial charge in [-0.1, -0.05) is 30.5 Å². The molecule has 0 spiro atoms. The van der Waals surface area contributed by atoms with Gasteiger partial charge in [-0.3, -0.25) is 4.79 Å². The van der Waals surface area contributed by atoms with Crippen molar-refractivity contribution in [3.63, 3.8) is 0 Å². The molecule has 0 saturated heterocycles. The second-order valence-electron chi connectivity index (χ2n) is 8.04. The Balaban J connectivity index is 1.42. The Bertz CT molecular complexity index is 1070. The molecule has 0 unspecified atom stereocenters. The molecule has 0 radical (unpaired) electrons. The topological polar surface area (TPSA) is 66.9 Å². The predicted octanol–water partition coefficient (Wildman–Crippen LogP) is 5.20. The molecule has 2 aromatic carbocycles. The van der Waals surface area contributed by atoms with Gasteiger partial charge in [0.05, 0.1) is 5.52 Å². The molecule has 3 aromatic rings. The molecule has 0 aliphatic heterocycles. The number of carbonyl (C=O) groups excluding carboxylic acids is 1. The first-order chi connectivity index (χ1) is 14.2. The van der Waals surface area contributed by atoms with E-state index in [1.807, 2.05) is 30.5 Å². The highest BCUT2D eigenvalue weighted by molar-refractivity contribution is 6.33. The van der Waals surface area contributed by atoms with Crippen molar-refractivity contribution < 1.29 is 4.79 Å². The SMILES string of the molecule is O=C(NC1CC1)c1ccc(Cl)c(-c2ccc3nc(NC4CCCC4)ncc3c2)c1. The van der Waals surface area contributed by atoms with Crippen molar-refractivity contribution >= 4 is 34.4 Å². The second-order valence-corrected chi connectivity index (χ2v) is 8.44. The molecule has 6 heteroatoms. The van der Waals surface area contributed by atoms with Gasteiger partial charge in [-0.2, -0.15) is 0 Å². The maximum atomic E-state index is 12.4. The number of carbonyl (C=O) groups is 1. The van der Waals surface area contributed by atoms with Crippen LogP contribution in [0.5, 0.6) is 0 Å². The average Bonchev–Trinajstić information content (AvgIpc) is 3.40. The summed E-state index contributed by atoms with van der Waals surface area (Å²) in [5.74, 6) is 0.645. The zero-order chi connectivity index (χ0) is 19.8. The van der Waals surface area contributed by atoms with E-state index in [0.717, 1.165) is 34.9 Å². The number of anilines is 1. The van der Waals surface area contributed by atoms with E-state index in [0.29, 0.717) is 28.6 Å². The third kappa shape index (κ3) is 4.06. The number of rotatable bonds is 5. The Morgan fingerprint density at radius 2 is 1.83 bits per heavy atom. The summed E-state index contributed by atoms with van der Waals surface area (Å²) in [6, 6.07) is 12.2. The van der Waals surface area contributed by atoms with Gasteiger partial charge in [0.1, 0.15) is 0 Å². The van der Waals surface area contributed by atoms with Crippen LogP contribution >= 0.6 is 11.6 Å². The van der Waals surface area contributed by atoms with E-state index in [2.05, 4.69) is 20.6 Å². The summed E-state index contributed by atoms with van der Waals surface area (Å²) in [5, 5.41) is 8.03. The fourth-order valence-electron chi connectivity index (χ4n) is 3.91. The lowest BCUT2D eigenvalue weighted by molar-refractivity contribution is 0.0951. The van der Waals surface area contributed by atoms with Crippen molar-refractivity contribution in [3.8, 4) is 11.1 Å². The van der Waals surface area contributed by atoms with Crippen molar-refractivity contribution in [2.24, 2.45) is 0 Å². The number of halogens is 1. The Morgan fingerprint density at radius 3 is 2.62 bits per heavy atom. The van der Waals surface area contributed by atoms with E-state index in [-0.39, 0.29) is 5.91 Å². The number of benzene rings is 2. The highest BCUT2D eigenvalue weighted by Crippen LogP contribution is 2.31. The monoisotopic (exact) mass is 406 g/mol. The Kier molecular flexibility index (Phi) is 4.84. The molecule has 2 aliphatic rings. The molecule has 2 saturated carbocycles. The first kappa shape index (κ1) is 18.4. The lowest BCUT2D eigenvalue weighted by Gasteiger charge is -2.12. The molecular formula is C23H23ClN4O. The van der Waals surface area contributed by atoms with Crippen molar-refractivity contribution in [3.05, 3.63) is 53.2 Å². The maximum Gasteiger partial charge on any atom is 0.251 e. The first-order valence-electron chi connectivity index (χ1n) is 10.3. The summed E-state index contributed by atoms with van der Waals surface area (Å²) >= 11 is 6.45. The van der Waals surface area contributed by atoms with E-state index in [1.54, 1.807) is 12.1 Å². The van der Waals surface area contributed by atoms with Crippen LogP contribution in [0.3, 0.4) is 0 Å². The quantitative estimate of drug-likeness (QED) is 0.611. The number of hydrogen-bond donors (Lipinski definition) is 2. The second kappa shape index (κ2) is 7.64. The van der Waals surface area contributed by atoms with E-state index in [4.69, 9.17) is 11.6 Å². The van der Waals surface area contributed by atoms with Gasteiger partial charge in [0.15, 0.2) is 0 Å². The van der Waals surface area contributed by atoms with Gasteiger partial charge in [-0.25, -0.2) is 9.97 Å². The van der Waals surface area contributed by atoms with Gasteiger partial charge >= 0.3 is 0 Å². The molecule has 0 atom stereocenters. The fraction of sp³-hybridized carbons (Fsp3) is 0.348. The molecule has 148 valence electrons. The van der Waals surface area contributed by atoms with Crippen LogP contribution < -0.4 is 10.6 Å². The van der Waals surface area contributed by atoms with Crippen LogP contribution in [-0.2, 0) is 0 Å². The molecule has 29 heavy (non-hydrogen) atoms. The normalized spacial score (nSPS) is 16.9. The minimum atomic E-state index is -0.0443. The number of aromatic nitrogens is 2. The van der Waals surface area contributed by atoms with Crippen LogP contribution in [0.1, 0.15) is 48.9 Å². The van der Waals surface area contributed by atoms with Crippen LogP contribution in [0, 0.1) is 0 Å². The Morgan fingerprint density at radius 1 is 1.00 bits per heavy atom. The summed E-state index contributed by atoms with van der Waals surface area (Å²) in [4.78, 5) is 21.6. The molecule has 5 rings (SSSR count). The van der Waals surface area contributed by atoms with Crippen molar-refractivity contribution in [1.82, 2.24) is 15.3 Å². The molecule has 2 aliphatic carbocycles. The van der Waals surface area contributed by atoms with Gasteiger partial charge in [0, 0.05) is 39.8 Å². The zero-order valence-electron chi connectivity index (χ0n) is 16.1.